The summed E-state index contributed by atoms with van der Waals surface area (Å²) in [7, 11) is -4.91. The van der Waals surface area contributed by atoms with Crippen molar-refractivity contribution in [3.8, 4) is 5.75 Å². The summed E-state index contributed by atoms with van der Waals surface area (Å²) in [6, 6.07) is 7.79. The Morgan fingerprint density at radius 3 is 2.04 bits per heavy atom. The lowest BCUT2D eigenvalue weighted by Crippen LogP contribution is -2.23. The Balaban J connectivity index is 2.56. The lowest BCUT2D eigenvalue weighted by molar-refractivity contribution is 0.330. The molecule has 7 nitrogen and oxygen atoms in total. The fourth-order valence-electron chi connectivity index (χ4n) is 3.04. The molecule has 28 heavy (non-hydrogen) atoms. The van der Waals surface area contributed by atoms with Gasteiger partial charge in [-0.2, -0.15) is 0 Å². The summed E-state index contributed by atoms with van der Waals surface area (Å²) >= 11 is 0. The summed E-state index contributed by atoms with van der Waals surface area (Å²) < 4.78 is 60.1. The van der Waals surface area contributed by atoms with E-state index in [0.29, 0.717) is 11.1 Å². The Bertz CT molecular complexity index is 1070. The topological polar surface area (TPSA) is 92.8 Å². The van der Waals surface area contributed by atoms with Gasteiger partial charge in [0.2, 0.25) is 10.0 Å². The fraction of sp³-hybridized carbons (Fsp3) is 0.368. The van der Waals surface area contributed by atoms with Crippen LogP contribution in [0, 0.1) is 20.8 Å². The molecule has 0 atom stereocenters. The number of hydrogen-bond donors (Lipinski definition) is 1. The van der Waals surface area contributed by atoms with Crippen LogP contribution in [0.5, 0.6) is 5.75 Å². The highest BCUT2D eigenvalue weighted by Gasteiger charge is 2.25. The van der Waals surface area contributed by atoms with E-state index in [9.17, 15) is 16.8 Å². The summed E-state index contributed by atoms with van der Waals surface area (Å²) in [4.78, 5) is 0.0842. The summed E-state index contributed by atoms with van der Waals surface area (Å²) in [5.74, 6) is 0.168. The van der Waals surface area contributed by atoms with Gasteiger partial charge in [-0.25, -0.2) is 21.1 Å². The van der Waals surface area contributed by atoms with Crippen molar-refractivity contribution in [2.24, 2.45) is 0 Å². The number of hydrogen-bond acceptors (Lipinski definition) is 5. The number of benzene rings is 2. The largest absolute Gasteiger partial charge is 0.492 e. The molecule has 0 amide bonds. The first-order chi connectivity index (χ1) is 12.9. The second-order valence-corrected chi connectivity index (χ2v) is 10.5. The third-order valence-electron chi connectivity index (χ3n) is 4.13. The van der Waals surface area contributed by atoms with E-state index in [0.717, 1.165) is 9.87 Å². The molecule has 2 aromatic rings. The van der Waals surface area contributed by atoms with Crippen LogP contribution in [0.3, 0.4) is 0 Å². The van der Waals surface area contributed by atoms with Crippen molar-refractivity contribution in [1.29, 1.82) is 0 Å². The second-order valence-electron chi connectivity index (χ2n) is 6.72. The minimum atomic E-state index is -3.90. The van der Waals surface area contributed by atoms with E-state index in [-0.39, 0.29) is 27.8 Å². The first-order valence-electron chi connectivity index (χ1n) is 8.70. The molecular formula is C19H26N2O5S2. The number of nitrogens with zero attached hydrogens (tertiary/aromatic N) is 1. The smallest absolute Gasteiger partial charge is 0.262 e. The summed E-state index contributed by atoms with van der Waals surface area (Å²) in [5, 5.41) is 0. The van der Waals surface area contributed by atoms with Crippen LogP contribution < -0.4 is 9.46 Å². The van der Waals surface area contributed by atoms with Gasteiger partial charge in [-0.15, -0.1) is 0 Å². The van der Waals surface area contributed by atoms with Gasteiger partial charge in [0, 0.05) is 14.1 Å². The zero-order valence-electron chi connectivity index (χ0n) is 16.9. The molecule has 0 heterocycles. The molecule has 9 heteroatoms. The Morgan fingerprint density at radius 2 is 1.54 bits per heavy atom. The molecule has 154 valence electrons. The maximum atomic E-state index is 13.0. The van der Waals surface area contributed by atoms with Crippen molar-refractivity contribution in [3.05, 3.63) is 47.0 Å². The van der Waals surface area contributed by atoms with E-state index in [4.69, 9.17) is 4.74 Å². The van der Waals surface area contributed by atoms with Gasteiger partial charge in [-0.3, -0.25) is 4.72 Å². The molecule has 0 aromatic heterocycles. The zero-order valence-corrected chi connectivity index (χ0v) is 18.5. The van der Waals surface area contributed by atoms with Gasteiger partial charge in [0.25, 0.3) is 10.0 Å². The van der Waals surface area contributed by atoms with E-state index < -0.39 is 20.0 Å². The van der Waals surface area contributed by atoms with Crippen LogP contribution in [0.25, 0.3) is 0 Å². The van der Waals surface area contributed by atoms with Crippen LogP contribution in [-0.2, 0) is 20.0 Å². The summed E-state index contributed by atoms with van der Waals surface area (Å²) in [6.07, 6.45) is 0. The Morgan fingerprint density at radius 1 is 0.964 bits per heavy atom. The van der Waals surface area contributed by atoms with Crippen molar-refractivity contribution in [1.82, 2.24) is 4.31 Å². The average molecular weight is 427 g/mol. The van der Waals surface area contributed by atoms with Crippen LogP contribution in [0.1, 0.15) is 23.6 Å². The van der Waals surface area contributed by atoms with Gasteiger partial charge in [0.1, 0.15) is 10.6 Å². The molecule has 0 aliphatic heterocycles. The van der Waals surface area contributed by atoms with E-state index >= 15 is 0 Å². The zero-order chi connectivity index (χ0) is 21.3. The number of aryl methyl sites for hydroxylation is 3. The summed E-state index contributed by atoms with van der Waals surface area (Å²) in [5.41, 5.74) is 2.35. The van der Waals surface area contributed by atoms with Crippen LogP contribution in [0.2, 0.25) is 0 Å². The van der Waals surface area contributed by atoms with Gasteiger partial charge in [0.05, 0.1) is 17.2 Å². The molecule has 0 spiro atoms. The molecule has 0 bridgehead atoms. The highest BCUT2D eigenvalue weighted by molar-refractivity contribution is 7.92. The number of ether oxygens (including phenoxy) is 1. The van der Waals surface area contributed by atoms with Gasteiger partial charge in [0.15, 0.2) is 0 Å². The minimum absolute atomic E-state index is 0.100. The Kier molecular flexibility index (Phi) is 6.42. The number of nitrogens with one attached hydrogen (secondary N) is 1. The van der Waals surface area contributed by atoms with Gasteiger partial charge >= 0.3 is 0 Å². The van der Waals surface area contributed by atoms with Crippen molar-refractivity contribution in [3.63, 3.8) is 0 Å². The molecule has 2 aromatic carbocycles. The molecule has 0 fully saturated rings. The maximum Gasteiger partial charge on any atom is 0.262 e. The average Bonchev–Trinajstić information content (AvgIpc) is 2.54. The lowest BCUT2D eigenvalue weighted by Gasteiger charge is -2.18. The molecule has 0 radical (unpaired) electrons. The van der Waals surface area contributed by atoms with Crippen molar-refractivity contribution >= 4 is 25.7 Å². The molecule has 0 aliphatic rings. The first-order valence-corrected chi connectivity index (χ1v) is 11.6. The minimum Gasteiger partial charge on any atom is -0.492 e. The predicted molar refractivity (Wildman–Crippen MR) is 110 cm³/mol. The normalized spacial score (nSPS) is 12.2. The number of rotatable bonds is 7. The third-order valence-corrected chi connectivity index (χ3v) is 7.65. The second kappa shape index (κ2) is 8.10. The van der Waals surface area contributed by atoms with E-state index in [1.807, 2.05) is 6.92 Å². The van der Waals surface area contributed by atoms with Crippen LogP contribution in [0.4, 0.5) is 5.69 Å². The van der Waals surface area contributed by atoms with Crippen molar-refractivity contribution in [2.45, 2.75) is 37.5 Å². The quantitative estimate of drug-likeness (QED) is 0.734. The number of anilines is 1. The summed E-state index contributed by atoms with van der Waals surface area (Å²) in [6.45, 7) is 7.38. The number of sulfonamides is 2. The fourth-order valence-corrected chi connectivity index (χ4v) is 5.60. The van der Waals surface area contributed by atoms with Gasteiger partial charge in [-0.05, 0) is 57.0 Å². The molecule has 0 unspecified atom stereocenters. The van der Waals surface area contributed by atoms with Gasteiger partial charge in [-0.1, -0.05) is 17.7 Å². The SMILES string of the molecule is CCOc1ccc(NS(=O)(=O)c2c(C)cc(C)cc2C)cc1S(=O)(=O)N(C)C. The lowest BCUT2D eigenvalue weighted by atomic mass is 10.1. The van der Waals surface area contributed by atoms with Crippen LogP contribution in [0.15, 0.2) is 40.1 Å². The van der Waals surface area contributed by atoms with Gasteiger partial charge < -0.3 is 4.74 Å². The van der Waals surface area contributed by atoms with Crippen LogP contribution >= 0.6 is 0 Å². The molecule has 2 rings (SSSR count). The molecule has 1 N–H and O–H groups in total. The van der Waals surface area contributed by atoms with E-state index in [1.165, 1.54) is 32.3 Å². The molecule has 0 saturated carbocycles. The molecule has 0 saturated heterocycles. The van der Waals surface area contributed by atoms with E-state index in [2.05, 4.69) is 4.72 Å². The predicted octanol–water partition coefficient (Wildman–Crippen LogP) is 3.06. The highest BCUT2D eigenvalue weighted by Crippen LogP contribution is 2.31. The standard InChI is InChI=1S/C19H26N2O5S2/c1-7-26-17-9-8-16(12-18(17)28(24,25)21(5)6)20-27(22,23)19-14(3)10-13(2)11-15(19)4/h8-12,20H,7H2,1-6H3. The molecule has 0 aliphatic carbocycles. The first kappa shape index (κ1) is 22.2. The Hall–Kier alpha value is -2.10. The molecular weight excluding hydrogens is 400 g/mol. The van der Waals surface area contributed by atoms with E-state index in [1.54, 1.807) is 32.9 Å². The third kappa shape index (κ3) is 4.48. The van der Waals surface area contributed by atoms with Crippen molar-refractivity contribution in [2.75, 3.05) is 25.4 Å². The van der Waals surface area contributed by atoms with Crippen LogP contribution in [-0.4, -0.2) is 41.8 Å². The monoisotopic (exact) mass is 426 g/mol. The highest BCUT2D eigenvalue weighted by atomic mass is 32.2. The Labute approximate surface area is 167 Å². The van der Waals surface area contributed by atoms with Crippen molar-refractivity contribution < 1.29 is 21.6 Å². The maximum absolute atomic E-state index is 13.0.